The summed E-state index contributed by atoms with van der Waals surface area (Å²) in [5.41, 5.74) is 1.55. The number of aryl methyl sites for hydroxylation is 2. The van der Waals surface area contributed by atoms with E-state index in [0.29, 0.717) is 36.8 Å². The van der Waals surface area contributed by atoms with E-state index in [1.807, 2.05) is 0 Å². The molecule has 2 aromatic rings. The highest BCUT2D eigenvalue weighted by atomic mass is 19.1. The Balaban J connectivity index is 1.83. The summed E-state index contributed by atoms with van der Waals surface area (Å²) in [6.07, 6.45) is 1.70. The molecule has 0 fully saturated rings. The topological polar surface area (TPSA) is 62.8 Å². The Kier molecular flexibility index (Phi) is 3.82. The summed E-state index contributed by atoms with van der Waals surface area (Å²) in [4.78, 5) is 0. The minimum Gasteiger partial charge on any atom is -0.425 e. The molecule has 0 radical (unpaired) electrons. The first-order chi connectivity index (χ1) is 8.63. The third kappa shape index (κ3) is 3.48. The number of benzene rings is 1. The van der Waals surface area contributed by atoms with Crippen molar-refractivity contribution < 1.29 is 8.81 Å². The largest absolute Gasteiger partial charge is 0.425 e. The zero-order chi connectivity index (χ0) is 13.0. The van der Waals surface area contributed by atoms with Gasteiger partial charge in [0.15, 0.2) is 0 Å². The molecule has 0 saturated carbocycles. The van der Waals surface area contributed by atoms with Gasteiger partial charge in [-0.3, -0.25) is 0 Å². The van der Waals surface area contributed by atoms with Crippen LogP contribution < -0.4 is 0 Å². The Morgan fingerprint density at radius 3 is 2.61 bits per heavy atom. The van der Waals surface area contributed by atoms with E-state index in [4.69, 9.17) is 9.83 Å². The lowest BCUT2D eigenvalue weighted by Gasteiger charge is -2.02. The van der Waals surface area contributed by atoms with E-state index in [-0.39, 0.29) is 5.82 Å². The molecule has 4 nitrogen and oxygen atoms in total. The quantitative estimate of drug-likeness (QED) is 0.826. The Hall–Kier alpha value is -2.04. The first-order valence-electron chi connectivity index (χ1n) is 5.73. The maximum Gasteiger partial charge on any atom is 0.222 e. The summed E-state index contributed by atoms with van der Waals surface area (Å²) in [7, 11) is 0. The SMILES string of the molecule is Cc1nnc(CC(=N)CCc2ccc(F)cc2)o1. The lowest BCUT2D eigenvalue weighted by Crippen LogP contribution is -2.03. The lowest BCUT2D eigenvalue weighted by atomic mass is 10.1. The van der Waals surface area contributed by atoms with Crippen LogP contribution in [0.25, 0.3) is 0 Å². The Morgan fingerprint density at radius 2 is 2.00 bits per heavy atom. The Morgan fingerprint density at radius 1 is 1.28 bits per heavy atom. The van der Waals surface area contributed by atoms with E-state index in [1.165, 1.54) is 12.1 Å². The minimum atomic E-state index is -0.241. The van der Waals surface area contributed by atoms with Crippen LogP contribution >= 0.6 is 0 Å². The van der Waals surface area contributed by atoms with Crippen molar-refractivity contribution in [2.24, 2.45) is 0 Å². The molecule has 0 saturated heterocycles. The molecule has 5 heteroatoms. The van der Waals surface area contributed by atoms with Crippen LogP contribution in [0.1, 0.15) is 23.8 Å². The predicted octanol–water partition coefficient (Wildman–Crippen LogP) is 2.71. The number of hydrogen-bond acceptors (Lipinski definition) is 4. The molecule has 1 heterocycles. The number of halogens is 1. The third-order valence-corrected chi connectivity index (χ3v) is 2.56. The Labute approximate surface area is 104 Å². The molecule has 0 spiro atoms. The Bertz CT molecular complexity index is 533. The second kappa shape index (κ2) is 5.53. The first kappa shape index (κ1) is 12.4. The van der Waals surface area contributed by atoms with Crippen molar-refractivity contribution in [3.8, 4) is 0 Å². The molecule has 18 heavy (non-hydrogen) atoms. The highest BCUT2D eigenvalue weighted by Gasteiger charge is 2.06. The highest BCUT2D eigenvalue weighted by Crippen LogP contribution is 2.08. The van der Waals surface area contributed by atoms with Gasteiger partial charge in [0.2, 0.25) is 11.8 Å². The molecular weight excluding hydrogens is 233 g/mol. The maximum absolute atomic E-state index is 12.7. The third-order valence-electron chi connectivity index (χ3n) is 2.56. The van der Waals surface area contributed by atoms with Crippen LogP contribution in [0.3, 0.4) is 0 Å². The maximum atomic E-state index is 12.7. The van der Waals surface area contributed by atoms with E-state index in [0.717, 1.165) is 5.56 Å². The van der Waals surface area contributed by atoms with Gasteiger partial charge in [-0.25, -0.2) is 4.39 Å². The van der Waals surface area contributed by atoms with Gasteiger partial charge in [-0.15, -0.1) is 10.2 Å². The average Bonchev–Trinajstić information content (AvgIpc) is 2.74. The van der Waals surface area contributed by atoms with E-state index in [2.05, 4.69) is 10.2 Å². The van der Waals surface area contributed by atoms with Crippen LogP contribution in [0.5, 0.6) is 0 Å². The molecule has 0 aliphatic rings. The van der Waals surface area contributed by atoms with Crippen LogP contribution in [0, 0.1) is 18.2 Å². The van der Waals surface area contributed by atoms with Gasteiger partial charge in [-0.2, -0.15) is 0 Å². The fourth-order valence-electron chi connectivity index (χ4n) is 1.63. The average molecular weight is 247 g/mol. The van der Waals surface area contributed by atoms with Gasteiger partial charge in [0, 0.05) is 12.6 Å². The van der Waals surface area contributed by atoms with Crippen molar-refractivity contribution in [1.82, 2.24) is 10.2 Å². The second-order valence-electron chi connectivity index (χ2n) is 4.12. The van der Waals surface area contributed by atoms with Crippen molar-refractivity contribution in [2.75, 3.05) is 0 Å². The van der Waals surface area contributed by atoms with Gasteiger partial charge in [0.25, 0.3) is 0 Å². The molecule has 1 aromatic heterocycles. The molecule has 0 bridgehead atoms. The molecule has 0 unspecified atom stereocenters. The molecule has 0 aliphatic carbocycles. The van der Waals surface area contributed by atoms with Gasteiger partial charge >= 0.3 is 0 Å². The van der Waals surface area contributed by atoms with Crippen LogP contribution in [0.2, 0.25) is 0 Å². The fraction of sp³-hybridized carbons (Fsp3) is 0.308. The van der Waals surface area contributed by atoms with E-state index >= 15 is 0 Å². The van der Waals surface area contributed by atoms with Crippen molar-refractivity contribution in [3.63, 3.8) is 0 Å². The highest BCUT2D eigenvalue weighted by molar-refractivity contribution is 5.82. The van der Waals surface area contributed by atoms with Crippen molar-refractivity contribution in [3.05, 3.63) is 47.4 Å². The lowest BCUT2D eigenvalue weighted by molar-refractivity contribution is 0.481. The van der Waals surface area contributed by atoms with Gasteiger partial charge in [0.1, 0.15) is 5.82 Å². The number of nitrogens with zero attached hydrogens (tertiary/aromatic N) is 2. The van der Waals surface area contributed by atoms with Crippen LogP contribution in [0.4, 0.5) is 4.39 Å². The zero-order valence-corrected chi connectivity index (χ0v) is 10.1. The molecule has 94 valence electrons. The van der Waals surface area contributed by atoms with Crippen molar-refractivity contribution in [1.29, 1.82) is 5.41 Å². The van der Waals surface area contributed by atoms with E-state index < -0.39 is 0 Å². The molecule has 2 rings (SSSR count). The predicted molar refractivity (Wildman–Crippen MR) is 65.2 cm³/mol. The van der Waals surface area contributed by atoms with Crippen LogP contribution in [-0.2, 0) is 12.8 Å². The molecule has 0 atom stereocenters. The van der Waals surface area contributed by atoms with E-state index in [9.17, 15) is 4.39 Å². The number of hydrogen-bond donors (Lipinski definition) is 1. The summed E-state index contributed by atoms with van der Waals surface area (Å²) in [5, 5.41) is 15.4. The summed E-state index contributed by atoms with van der Waals surface area (Å²) < 4.78 is 17.9. The second-order valence-corrected chi connectivity index (χ2v) is 4.12. The van der Waals surface area contributed by atoms with Crippen LogP contribution in [0.15, 0.2) is 28.7 Å². The van der Waals surface area contributed by atoms with Gasteiger partial charge in [0.05, 0.1) is 6.42 Å². The fourth-order valence-corrected chi connectivity index (χ4v) is 1.63. The number of nitrogens with one attached hydrogen (secondary N) is 1. The summed E-state index contributed by atoms with van der Waals surface area (Å²) in [5.74, 6) is 0.739. The smallest absolute Gasteiger partial charge is 0.222 e. The van der Waals surface area contributed by atoms with E-state index in [1.54, 1.807) is 19.1 Å². The van der Waals surface area contributed by atoms with Crippen molar-refractivity contribution >= 4 is 5.71 Å². The molecule has 0 aliphatic heterocycles. The molecule has 1 aromatic carbocycles. The molecule has 1 N–H and O–H groups in total. The normalized spacial score (nSPS) is 10.6. The van der Waals surface area contributed by atoms with Crippen LogP contribution in [-0.4, -0.2) is 15.9 Å². The number of aromatic nitrogens is 2. The van der Waals surface area contributed by atoms with Gasteiger partial charge in [-0.05, 0) is 30.5 Å². The minimum absolute atomic E-state index is 0.241. The van der Waals surface area contributed by atoms with Gasteiger partial charge in [-0.1, -0.05) is 12.1 Å². The monoisotopic (exact) mass is 247 g/mol. The van der Waals surface area contributed by atoms with Crippen molar-refractivity contribution in [2.45, 2.75) is 26.2 Å². The summed E-state index contributed by atoms with van der Waals surface area (Å²) in [6.45, 7) is 1.72. The zero-order valence-electron chi connectivity index (χ0n) is 10.1. The van der Waals surface area contributed by atoms with Gasteiger partial charge < -0.3 is 9.83 Å². The molecule has 0 amide bonds. The summed E-state index contributed by atoms with van der Waals surface area (Å²) >= 11 is 0. The number of rotatable bonds is 5. The standard InChI is InChI=1S/C13H14FN3O/c1-9-16-17-13(18-9)8-12(15)7-4-10-2-5-11(14)6-3-10/h2-3,5-6,15H,4,7-8H2,1H3. The summed E-state index contributed by atoms with van der Waals surface area (Å²) in [6, 6.07) is 6.33. The molecular formula is C13H14FN3O. The first-order valence-corrected chi connectivity index (χ1v) is 5.73.